The molecule has 3 nitrogen and oxygen atoms in total. The first-order valence-corrected chi connectivity index (χ1v) is 9.82. The van der Waals surface area contributed by atoms with Gasteiger partial charge in [0.05, 0.1) is 5.69 Å². The number of para-hydroxylation sites is 2. The van der Waals surface area contributed by atoms with E-state index in [1.807, 2.05) is 25.2 Å². The third-order valence-electron chi connectivity index (χ3n) is 3.71. The van der Waals surface area contributed by atoms with E-state index < -0.39 is 0 Å². The smallest absolute Gasteiger partial charge is 0.143 e. The summed E-state index contributed by atoms with van der Waals surface area (Å²) in [4.78, 5) is 2.58. The van der Waals surface area contributed by atoms with Gasteiger partial charge in [0.2, 0.25) is 0 Å². The molecule has 0 amide bonds. The number of nitrogens with one attached hydrogen (secondary N) is 2. The standard InChI is InChI=1S/C19H22N2OS2/c1-20-11-10-18(19-9-5-13-24-19)22-17-8-3-2-7-16(17)21-14-15-6-4-12-23-15/h2-9,12-13,18,20-21H,10-11,14H2,1H3. The van der Waals surface area contributed by atoms with Gasteiger partial charge >= 0.3 is 0 Å². The van der Waals surface area contributed by atoms with Gasteiger partial charge in [0.25, 0.3) is 0 Å². The van der Waals surface area contributed by atoms with Gasteiger partial charge in [0, 0.05) is 22.7 Å². The quantitative estimate of drug-likeness (QED) is 0.555. The molecule has 2 aromatic heterocycles. The van der Waals surface area contributed by atoms with Crippen molar-refractivity contribution in [1.29, 1.82) is 0 Å². The molecule has 1 aromatic carbocycles. The van der Waals surface area contributed by atoms with Crippen LogP contribution in [0.4, 0.5) is 5.69 Å². The molecule has 3 aromatic rings. The van der Waals surface area contributed by atoms with Crippen molar-refractivity contribution < 1.29 is 4.74 Å². The highest BCUT2D eigenvalue weighted by Crippen LogP contribution is 2.32. The van der Waals surface area contributed by atoms with Gasteiger partial charge in [-0.15, -0.1) is 22.7 Å². The second kappa shape index (κ2) is 8.87. The minimum absolute atomic E-state index is 0.0714. The number of benzene rings is 1. The van der Waals surface area contributed by atoms with Crippen molar-refractivity contribution >= 4 is 28.4 Å². The highest BCUT2D eigenvalue weighted by atomic mass is 32.1. The normalized spacial score (nSPS) is 12.0. The Morgan fingerprint density at radius 2 is 1.83 bits per heavy atom. The Morgan fingerprint density at radius 3 is 2.58 bits per heavy atom. The molecule has 0 radical (unpaired) electrons. The second-order valence-corrected chi connectivity index (χ2v) is 7.45. The number of hydrogen-bond donors (Lipinski definition) is 2. The Kier molecular flexibility index (Phi) is 6.29. The average molecular weight is 359 g/mol. The van der Waals surface area contributed by atoms with Crippen LogP contribution in [0.1, 0.15) is 22.3 Å². The first-order valence-electron chi connectivity index (χ1n) is 8.07. The van der Waals surface area contributed by atoms with Gasteiger partial charge < -0.3 is 15.4 Å². The zero-order valence-corrected chi connectivity index (χ0v) is 15.3. The highest BCUT2D eigenvalue weighted by Gasteiger charge is 2.16. The molecule has 0 fully saturated rings. The molecule has 0 spiro atoms. The van der Waals surface area contributed by atoms with Gasteiger partial charge in [0.1, 0.15) is 11.9 Å². The van der Waals surface area contributed by atoms with Gasteiger partial charge in [-0.2, -0.15) is 0 Å². The summed E-state index contributed by atoms with van der Waals surface area (Å²) in [6.45, 7) is 1.74. The molecular formula is C19H22N2OS2. The molecule has 0 saturated carbocycles. The molecule has 2 N–H and O–H groups in total. The minimum atomic E-state index is 0.0714. The van der Waals surface area contributed by atoms with Crippen LogP contribution in [0.15, 0.2) is 59.3 Å². The molecule has 24 heavy (non-hydrogen) atoms. The van der Waals surface area contributed by atoms with Crippen LogP contribution >= 0.6 is 22.7 Å². The number of thiophene rings is 2. The minimum Gasteiger partial charge on any atom is -0.483 e. The van der Waals surface area contributed by atoms with E-state index in [1.165, 1.54) is 9.75 Å². The topological polar surface area (TPSA) is 33.3 Å². The zero-order valence-electron chi connectivity index (χ0n) is 13.7. The van der Waals surface area contributed by atoms with Crippen molar-refractivity contribution in [3.05, 3.63) is 69.0 Å². The predicted octanol–water partition coefficient (Wildman–Crippen LogP) is 5.15. The molecule has 0 aliphatic carbocycles. The van der Waals surface area contributed by atoms with Crippen molar-refractivity contribution in [3.63, 3.8) is 0 Å². The summed E-state index contributed by atoms with van der Waals surface area (Å²) in [5.74, 6) is 0.906. The third kappa shape index (κ3) is 4.60. The lowest BCUT2D eigenvalue weighted by atomic mass is 10.2. The largest absolute Gasteiger partial charge is 0.483 e. The van der Waals surface area contributed by atoms with E-state index in [9.17, 15) is 0 Å². The molecule has 5 heteroatoms. The van der Waals surface area contributed by atoms with Gasteiger partial charge in [-0.3, -0.25) is 0 Å². The summed E-state index contributed by atoms with van der Waals surface area (Å²) in [5, 5.41) is 10.9. The molecule has 0 saturated heterocycles. The summed E-state index contributed by atoms with van der Waals surface area (Å²) in [6, 6.07) is 16.6. The molecule has 1 atom stereocenters. The number of rotatable bonds is 9. The molecule has 0 aliphatic heterocycles. The van der Waals surface area contributed by atoms with Crippen LogP contribution < -0.4 is 15.4 Å². The Morgan fingerprint density at radius 1 is 1.00 bits per heavy atom. The van der Waals surface area contributed by atoms with E-state index in [4.69, 9.17) is 4.74 Å². The summed E-state index contributed by atoms with van der Waals surface area (Å²) in [7, 11) is 1.97. The Hall–Kier alpha value is -1.82. The van der Waals surface area contributed by atoms with Crippen LogP contribution in [-0.2, 0) is 6.54 Å². The fraction of sp³-hybridized carbons (Fsp3) is 0.263. The summed E-state index contributed by atoms with van der Waals surface area (Å²) in [6.07, 6.45) is 1.01. The van der Waals surface area contributed by atoms with Gasteiger partial charge in [0.15, 0.2) is 0 Å². The predicted molar refractivity (Wildman–Crippen MR) is 104 cm³/mol. The fourth-order valence-corrected chi connectivity index (χ4v) is 3.91. The van der Waals surface area contributed by atoms with Crippen LogP contribution in [-0.4, -0.2) is 13.6 Å². The molecule has 0 bridgehead atoms. The Labute approximate surface area is 151 Å². The second-order valence-electron chi connectivity index (χ2n) is 5.44. The van der Waals surface area contributed by atoms with E-state index in [-0.39, 0.29) is 6.10 Å². The van der Waals surface area contributed by atoms with Crippen LogP contribution in [0.2, 0.25) is 0 Å². The zero-order chi connectivity index (χ0) is 16.6. The van der Waals surface area contributed by atoms with Crippen LogP contribution in [0.25, 0.3) is 0 Å². The van der Waals surface area contributed by atoms with E-state index in [1.54, 1.807) is 22.7 Å². The maximum Gasteiger partial charge on any atom is 0.143 e. The lowest BCUT2D eigenvalue weighted by molar-refractivity contribution is 0.200. The number of anilines is 1. The maximum atomic E-state index is 6.37. The van der Waals surface area contributed by atoms with Crippen molar-refractivity contribution in [2.75, 3.05) is 18.9 Å². The van der Waals surface area contributed by atoms with Gasteiger partial charge in [-0.05, 0) is 48.6 Å². The van der Waals surface area contributed by atoms with Crippen molar-refractivity contribution in [2.24, 2.45) is 0 Å². The molecule has 1 unspecified atom stereocenters. The summed E-state index contributed by atoms with van der Waals surface area (Å²) < 4.78 is 6.37. The van der Waals surface area contributed by atoms with Gasteiger partial charge in [-0.1, -0.05) is 24.3 Å². The lowest BCUT2D eigenvalue weighted by Gasteiger charge is -2.20. The van der Waals surface area contributed by atoms with Crippen molar-refractivity contribution in [3.8, 4) is 5.75 Å². The molecular weight excluding hydrogens is 336 g/mol. The SMILES string of the molecule is CNCCC(Oc1ccccc1NCc1cccs1)c1cccs1. The van der Waals surface area contributed by atoms with Gasteiger partial charge in [-0.25, -0.2) is 0 Å². The molecule has 2 heterocycles. The van der Waals surface area contributed by atoms with E-state index >= 15 is 0 Å². The first kappa shape index (κ1) is 17.0. The summed E-state index contributed by atoms with van der Waals surface area (Å²) >= 11 is 3.51. The average Bonchev–Trinajstić information content (AvgIpc) is 3.31. The van der Waals surface area contributed by atoms with E-state index in [0.717, 1.165) is 30.9 Å². The van der Waals surface area contributed by atoms with Crippen molar-refractivity contribution in [1.82, 2.24) is 5.32 Å². The molecule has 3 rings (SSSR count). The third-order valence-corrected chi connectivity index (χ3v) is 5.55. The molecule has 126 valence electrons. The van der Waals surface area contributed by atoms with Crippen LogP contribution in [0.5, 0.6) is 5.75 Å². The maximum absolute atomic E-state index is 6.37. The number of ether oxygens (including phenoxy) is 1. The monoisotopic (exact) mass is 358 g/mol. The van der Waals surface area contributed by atoms with E-state index in [0.29, 0.717) is 0 Å². The number of hydrogen-bond acceptors (Lipinski definition) is 5. The fourth-order valence-electron chi connectivity index (χ4n) is 2.47. The van der Waals surface area contributed by atoms with Crippen LogP contribution in [0.3, 0.4) is 0 Å². The molecule has 0 aliphatic rings. The highest BCUT2D eigenvalue weighted by molar-refractivity contribution is 7.10. The lowest BCUT2D eigenvalue weighted by Crippen LogP contribution is -2.16. The van der Waals surface area contributed by atoms with E-state index in [2.05, 4.69) is 51.7 Å². The Bertz CT molecular complexity index is 711. The van der Waals surface area contributed by atoms with Crippen LogP contribution in [0, 0.1) is 0 Å². The first-order chi connectivity index (χ1) is 11.9. The van der Waals surface area contributed by atoms with Crippen molar-refractivity contribution in [2.45, 2.75) is 19.1 Å². The Balaban J connectivity index is 1.72. The summed E-state index contributed by atoms with van der Waals surface area (Å²) in [5.41, 5.74) is 1.04.